The topological polar surface area (TPSA) is 79.0 Å². The van der Waals surface area contributed by atoms with Crippen LogP contribution in [-0.2, 0) is 0 Å². The second-order valence-electron chi connectivity index (χ2n) is 8.24. The van der Waals surface area contributed by atoms with Gasteiger partial charge in [0.05, 0.1) is 6.10 Å². The zero-order valence-electron chi connectivity index (χ0n) is 16.7. The number of aliphatic hydroxyl groups excluding tert-OH is 1. The Morgan fingerprint density at radius 1 is 1.14 bits per heavy atom. The molecule has 2 heterocycles. The minimum atomic E-state index is -0.257. The number of nitrogens with zero attached hydrogens (tertiary/aromatic N) is 2. The molecule has 4 rings (SSSR count). The second kappa shape index (κ2) is 10.8. The minimum absolute atomic E-state index is 0. The van der Waals surface area contributed by atoms with Crippen molar-refractivity contribution < 1.29 is 14.6 Å². The molecule has 0 aromatic heterocycles. The Kier molecular flexibility index (Phi) is 9.04. The predicted molar refractivity (Wildman–Crippen MR) is 118 cm³/mol. The third-order valence-electron chi connectivity index (χ3n) is 6.47. The number of carbonyl (C=O) groups is 1. The Bertz CT molecular complexity index is 672. The molecule has 0 spiro atoms. The fourth-order valence-corrected chi connectivity index (χ4v) is 5.12. The maximum absolute atomic E-state index is 13.0. The molecule has 1 aliphatic carbocycles. The van der Waals surface area contributed by atoms with Crippen LogP contribution in [0.15, 0.2) is 24.3 Å². The van der Waals surface area contributed by atoms with Gasteiger partial charge in [-0.25, -0.2) is 0 Å². The smallest absolute Gasteiger partial charge is 0.254 e. The fraction of sp³-hybridized carbons (Fsp3) is 0.667. The van der Waals surface area contributed by atoms with Crippen molar-refractivity contribution in [1.29, 1.82) is 0 Å². The van der Waals surface area contributed by atoms with E-state index in [2.05, 4.69) is 4.90 Å². The van der Waals surface area contributed by atoms with E-state index in [0.29, 0.717) is 36.3 Å². The first kappa shape index (κ1) is 24.2. The van der Waals surface area contributed by atoms with Crippen molar-refractivity contribution in [2.75, 3.05) is 39.3 Å². The number of nitrogens with two attached hydrogens (primary N) is 1. The van der Waals surface area contributed by atoms with E-state index in [1.54, 1.807) is 0 Å². The van der Waals surface area contributed by atoms with Crippen LogP contribution in [0.2, 0.25) is 0 Å². The molecule has 0 radical (unpaired) electrons. The molecule has 6 nitrogen and oxygen atoms in total. The molecule has 0 unspecified atom stereocenters. The lowest BCUT2D eigenvalue weighted by Gasteiger charge is -2.40. The van der Waals surface area contributed by atoms with Gasteiger partial charge in [-0.3, -0.25) is 9.69 Å². The van der Waals surface area contributed by atoms with Gasteiger partial charge in [0, 0.05) is 31.2 Å². The molecule has 4 atom stereocenters. The number of likely N-dealkylation sites (tertiary alicyclic amines) is 2. The fourth-order valence-electron chi connectivity index (χ4n) is 5.12. The quantitative estimate of drug-likeness (QED) is 0.725. The summed E-state index contributed by atoms with van der Waals surface area (Å²) in [6, 6.07) is 7.64. The molecule has 3 fully saturated rings. The van der Waals surface area contributed by atoms with Crippen LogP contribution in [0, 0.1) is 11.8 Å². The summed E-state index contributed by atoms with van der Waals surface area (Å²) in [6.45, 7) is 4.67. The van der Waals surface area contributed by atoms with Crippen molar-refractivity contribution in [3.05, 3.63) is 29.8 Å². The van der Waals surface area contributed by atoms with Gasteiger partial charge >= 0.3 is 0 Å². The highest BCUT2D eigenvalue weighted by atomic mass is 35.5. The molecule has 1 aromatic carbocycles. The van der Waals surface area contributed by atoms with Crippen LogP contribution in [0.3, 0.4) is 0 Å². The van der Waals surface area contributed by atoms with Crippen molar-refractivity contribution in [2.24, 2.45) is 17.6 Å². The standard InChI is InChI=1S/C21H31N3O3.2ClH/c22-6-9-27-18-5-3-4-15(10-18)21(26)24-13-16-11-19(23-7-1-2-8-23)20(25)12-17(16)14-24;;/h3-5,10,16-17,19-20,25H,1-2,6-9,11-14,22H2;2*1H/t16-,17+,19-,20-;;/m1../s1. The summed E-state index contributed by atoms with van der Waals surface area (Å²) in [5.41, 5.74) is 6.15. The monoisotopic (exact) mass is 445 g/mol. The molecule has 1 aromatic rings. The largest absolute Gasteiger partial charge is 0.492 e. The molecular formula is C21H33Cl2N3O3. The van der Waals surface area contributed by atoms with Gasteiger partial charge in [-0.15, -0.1) is 24.8 Å². The normalized spacial score (nSPS) is 29.0. The molecule has 2 saturated heterocycles. The van der Waals surface area contributed by atoms with Crippen molar-refractivity contribution in [3.8, 4) is 5.75 Å². The number of rotatable bonds is 5. The summed E-state index contributed by atoms with van der Waals surface area (Å²) in [5, 5.41) is 10.7. The Labute approximate surface area is 185 Å². The lowest BCUT2D eigenvalue weighted by molar-refractivity contribution is -0.000864. The van der Waals surface area contributed by atoms with Crippen molar-refractivity contribution in [2.45, 2.75) is 37.8 Å². The van der Waals surface area contributed by atoms with Crippen LogP contribution in [0.4, 0.5) is 0 Å². The van der Waals surface area contributed by atoms with Crippen molar-refractivity contribution in [1.82, 2.24) is 9.80 Å². The van der Waals surface area contributed by atoms with E-state index in [4.69, 9.17) is 10.5 Å². The van der Waals surface area contributed by atoms with Crippen LogP contribution >= 0.6 is 24.8 Å². The Hall–Kier alpha value is -1.05. The lowest BCUT2D eigenvalue weighted by atomic mass is 9.77. The van der Waals surface area contributed by atoms with Crippen LogP contribution in [0.25, 0.3) is 0 Å². The number of halogens is 2. The van der Waals surface area contributed by atoms with Crippen molar-refractivity contribution in [3.63, 3.8) is 0 Å². The zero-order valence-corrected chi connectivity index (χ0v) is 18.4. The van der Waals surface area contributed by atoms with E-state index in [1.807, 2.05) is 29.2 Å². The number of aliphatic hydroxyl groups is 1. The van der Waals surface area contributed by atoms with Crippen molar-refractivity contribution >= 4 is 30.7 Å². The summed E-state index contributed by atoms with van der Waals surface area (Å²) in [6.07, 6.45) is 4.05. The highest BCUT2D eigenvalue weighted by molar-refractivity contribution is 5.94. The summed E-state index contributed by atoms with van der Waals surface area (Å²) in [4.78, 5) is 17.4. The van der Waals surface area contributed by atoms with Crippen LogP contribution < -0.4 is 10.5 Å². The summed E-state index contributed by atoms with van der Waals surface area (Å²) in [5.74, 6) is 1.67. The van der Waals surface area contributed by atoms with Gasteiger partial charge < -0.3 is 20.5 Å². The number of ether oxygens (including phenoxy) is 1. The first-order valence-corrected chi connectivity index (χ1v) is 10.3. The van der Waals surface area contributed by atoms with Gasteiger partial charge in [0.25, 0.3) is 5.91 Å². The maximum Gasteiger partial charge on any atom is 0.254 e. The van der Waals surface area contributed by atoms with E-state index in [1.165, 1.54) is 12.8 Å². The lowest BCUT2D eigenvalue weighted by Crippen LogP contribution is -2.48. The van der Waals surface area contributed by atoms with E-state index >= 15 is 0 Å². The van der Waals surface area contributed by atoms with E-state index in [9.17, 15) is 9.90 Å². The molecule has 2 aliphatic heterocycles. The first-order chi connectivity index (χ1) is 13.2. The van der Waals surface area contributed by atoms with Gasteiger partial charge in [-0.1, -0.05) is 6.07 Å². The molecule has 1 amide bonds. The third-order valence-corrected chi connectivity index (χ3v) is 6.47. The van der Waals surface area contributed by atoms with Crippen LogP contribution in [0.5, 0.6) is 5.75 Å². The summed E-state index contributed by atoms with van der Waals surface area (Å²) in [7, 11) is 0. The van der Waals surface area contributed by atoms with Gasteiger partial charge in [-0.2, -0.15) is 0 Å². The predicted octanol–water partition coefficient (Wildman–Crippen LogP) is 2.17. The third kappa shape index (κ3) is 5.36. The van der Waals surface area contributed by atoms with E-state index in [0.717, 1.165) is 39.0 Å². The first-order valence-electron chi connectivity index (χ1n) is 10.3. The van der Waals surface area contributed by atoms with E-state index < -0.39 is 0 Å². The molecule has 8 heteroatoms. The Balaban J connectivity index is 0.00000150. The van der Waals surface area contributed by atoms with Gasteiger partial charge in [0.15, 0.2) is 0 Å². The highest BCUT2D eigenvalue weighted by Crippen LogP contribution is 2.39. The average Bonchev–Trinajstić information content (AvgIpc) is 3.34. The molecule has 1 saturated carbocycles. The summed E-state index contributed by atoms with van der Waals surface area (Å²) >= 11 is 0. The van der Waals surface area contributed by atoms with Gasteiger partial charge in [-0.05, 0) is 68.8 Å². The summed E-state index contributed by atoms with van der Waals surface area (Å²) < 4.78 is 5.55. The molecular weight excluding hydrogens is 413 g/mol. The number of fused-ring (bicyclic) bond motifs is 1. The van der Waals surface area contributed by atoms with Crippen LogP contribution in [-0.4, -0.2) is 72.3 Å². The number of hydrogen-bond acceptors (Lipinski definition) is 5. The number of amides is 1. The van der Waals surface area contributed by atoms with Gasteiger partial charge in [0.1, 0.15) is 12.4 Å². The zero-order chi connectivity index (χ0) is 18.8. The second-order valence-corrected chi connectivity index (χ2v) is 8.24. The molecule has 3 aliphatic rings. The average molecular weight is 446 g/mol. The number of carbonyl (C=O) groups excluding carboxylic acids is 1. The van der Waals surface area contributed by atoms with Gasteiger partial charge in [0.2, 0.25) is 0 Å². The SMILES string of the molecule is Cl.Cl.NCCOc1cccc(C(=O)N2C[C@H]3C[C@@H](N4CCCC4)[C@H](O)C[C@H]3C2)c1. The Morgan fingerprint density at radius 2 is 1.83 bits per heavy atom. The number of hydrogen-bond donors (Lipinski definition) is 2. The van der Waals surface area contributed by atoms with Crippen LogP contribution in [0.1, 0.15) is 36.0 Å². The number of benzene rings is 1. The van der Waals surface area contributed by atoms with E-state index in [-0.39, 0.29) is 42.9 Å². The maximum atomic E-state index is 13.0. The molecule has 0 bridgehead atoms. The molecule has 3 N–H and O–H groups in total. The molecule has 164 valence electrons. The highest BCUT2D eigenvalue weighted by Gasteiger charge is 2.44. The Morgan fingerprint density at radius 3 is 2.52 bits per heavy atom. The molecule has 29 heavy (non-hydrogen) atoms. The minimum Gasteiger partial charge on any atom is -0.492 e.